The molecular weight excluding hydrogens is 232 g/mol. The van der Waals surface area contributed by atoms with Gasteiger partial charge in [-0.05, 0) is 61.0 Å². The van der Waals surface area contributed by atoms with E-state index in [-0.39, 0.29) is 5.41 Å². The van der Waals surface area contributed by atoms with E-state index in [4.69, 9.17) is 0 Å². The fraction of sp³-hybridized carbons (Fsp3) is 0.667. The Bertz CT molecular complexity index is 441. The van der Waals surface area contributed by atoms with Crippen molar-refractivity contribution in [1.29, 1.82) is 0 Å². The third-order valence-corrected chi connectivity index (χ3v) is 5.24. The molecular formula is C18H26O. The van der Waals surface area contributed by atoms with Gasteiger partial charge < -0.3 is 5.11 Å². The van der Waals surface area contributed by atoms with Gasteiger partial charge in [-0.25, -0.2) is 0 Å². The van der Waals surface area contributed by atoms with E-state index >= 15 is 0 Å². The average molecular weight is 258 g/mol. The molecule has 1 atom stereocenters. The summed E-state index contributed by atoms with van der Waals surface area (Å²) in [7, 11) is 0. The molecule has 0 heterocycles. The SMILES string of the molecule is CC1(C)CCCC(O)(c2ccc(C3CCC3)cc2)C1. The molecule has 104 valence electrons. The van der Waals surface area contributed by atoms with Crippen LogP contribution in [0, 0.1) is 5.41 Å². The monoisotopic (exact) mass is 258 g/mol. The van der Waals surface area contributed by atoms with Crippen LogP contribution in [0.4, 0.5) is 0 Å². The molecule has 2 fully saturated rings. The Morgan fingerprint density at radius 1 is 1.00 bits per heavy atom. The van der Waals surface area contributed by atoms with Crippen LogP contribution in [0.25, 0.3) is 0 Å². The molecule has 1 unspecified atom stereocenters. The predicted molar refractivity (Wildman–Crippen MR) is 79.2 cm³/mol. The van der Waals surface area contributed by atoms with Gasteiger partial charge in [0.05, 0.1) is 5.60 Å². The smallest absolute Gasteiger partial charge is 0.0901 e. The first-order chi connectivity index (χ1) is 8.99. The minimum absolute atomic E-state index is 0.264. The van der Waals surface area contributed by atoms with Gasteiger partial charge in [0, 0.05) is 0 Å². The second kappa shape index (κ2) is 4.63. The van der Waals surface area contributed by atoms with Gasteiger partial charge in [0.15, 0.2) is 0 Å². The molecule has 0 aliphatic heterocycles. The van der Waals surface area contributed by atoms with Gasteiger partial charge in [0.25, 0.3) is 0 Å². The predicted octanol–water partition coefficient (Wildman–Crippen LogP) is 4.74. The van der Waals surface area contributed by atoms with Crippen molar-refractivity contribution in [2.45, 2.75) is 70.3 Å². The Labute approximate surface area is 117 Å². The van der Waals surface area contributed by atoms with E-state index in [1.807, 2.05) is 0 Å². The summed E-state index contributed by atoms with van der Waals surface area (Å²) in [6, 6.07) is 8.85. The summed E-state index contributed by atoms with van der Waals surface area (Å²) in [4.78, 5) is 0. The lowest BCUT2D eigenvalue weighted by Gasteiger charge is -2.42. The number of rotatable bonds is 2. The summed E-state index contributed by atoms with van der Waals surface area (Å²) in [6.07, 6.45) is 8.24. The first-order valence-corrected chi connectivity index (χ1v) is 7.81. The van der Waals surface area contributed by atoms with E-state index in [0.717, 1.165) is 30.7 Å². The lowest BCUT2D eigenvalue weighted by molar-refractivity contribution is -0.0440. The molecule has 0 spiro atoms. The quantitative estimate of drug-likeness (QED) is 0.812. The molecule has 0 saturated heterocycles. The molecule has 0 radical (unpaired) electrons. The largest absolute Gasteiger partial charge is 0.385 e. The first kappa shape index (κ1) is 13.2. The Balaban J connectivity index is 1.80. The average Bonchev–Trinajstić information content (AvgIpc) is 2.25. The van der Waals surface area contributed by atoms with Crippen molar-refractivity contribution in [2.24, 2.45) is 5.41 Å². The van der Waals surface area contributed by atoms with Gasteiger partial charge in [0.1, 0.15) is 0 Å². The molecule has 2 aliphatic rings. The number of hydrogen-bond acceptors (Lipinski definition) is 1. The van der Waals surface area contributed by atoms with E-state index in [1.165, 1.54) is 31.2 Å². The lowest BCUT2D eigenvalue weighted by atomic mass is 9.67. The summed E-state index contributed by atoms with van der Waals surface area (Å²) in [6.45, 7) is 4.56. The fourth-order valence-electron chi connectivity index (χ4n) is 3.88. The van der Waals surface area contributed by atoms with E-state index in [0.29, 0.717) is 0 Å². The molecule has 2 saturated carbocycles. The third kappa shape index (κ3) is 2.58. The highest BCUT2D eigenvalue weighted by Gasteiger charge is 2.39. The molecule has 1 aromatic rings. The normalized spacial score (nSPS) is 30.9. The zero-order valence-electron chi connectivity index (χ0n) is 12.3. The van der Waals surface area contributed by atoms with Gasteiger partial charge in [-0.15, -0.1) is 0 Å². The van der Waals surface area contributed by atoms with Crippen LogP contribution in [0.15, 0.2) is 24.3 Å². The maximum atomic E-state index is 11.0. The second-order valence-electron chi connectivity index (χ2n) is 7.48. The van der Waals surface area contributed by atoms with Crippen molar-refractivity contribution in [3.8, 4) is 0 Å². The standard InChI is InChI=1S/C18H26O/c1-17(2)11-4-12-18(19,13-17)16-9-7-15(8-10-16)14-5-3-6-14/h7-10,14,19H,3-6,11-13H2,1-2H3. The second-order valence-corrected chi connectivity index (χ2v) is 7.48. The lowest BCUT2D eigenvalue weighted by Crippen LogP contribution is -2.36. The number of aliphatic hydroxyl groups is 1. The van der Waals surface area contributed by atoms with Crippen LogP contribution in [-0.2, 0) is 5.60 Å². The van der Waals surface area contributed by atoms with Crippen LogP contribution < -0.4 is 0 Å². The van der Waals surface area contributed by atoms with Gasteiger partial charge in [-0.3, -0.25) is 0 Å². The van der Waals surface area contributed by atoms with E-state index in [1.54, 1.807) is 0 Å². The topological polar surface area (TPSA) is 20.2 Å². The van der Waals surface area contributed by atoms with Crippen LogP contribution in [0.3, 0.4) is 0 Å². The van der Waals surface area contributed by atoms with Crippen LogP contribution in [-0.4, -0.2) is 5.11 Å². The van der Waals surface area contributed by atoms with Gasteiger partial charge in [-0.2, -0.15) is 0 Å². The summed E-state index contributed by atoms with van der Waals surface area (Å²) < 4.78 is 0. The van der Waals surface area contributed by atoms with E-state index in [9.17, 15) is 5.11 Å². The Hall–Kier alpha value is -0.820. The molecule has 1 aromatic carbocycles. The molecule has 1 nitrogen and oxygen atoms in total. The summed E-state index contributed by atoms with van der Waals surface area (Å²) in [5.74, 6) is 0.784. The van der Waals surface area contributed by atoms with Crippen molar-refractivity contribution in [2.75, 3.05) is 0 Å². The summed E-state index contributed by atoms with van der Waals surface area (Å²) in [5.41, 5.74) is 2.26. The van der Waals surface area contributed by atoms with Crippen molar-refractivity contribution in [3.63, 3.8) is 0 Å². The van der Waals surface area contributed by atoms with Crippen LogP contribution in [0.2, 0.25) is 0 Å². The van der Waals surface area contributed by atoms with Crippen LogP contribution in [0.5, 0.6) is 0 Å². The van der Waals surface area contributed by atoms with Crippen molar-refractivity contribution < 1.29 is 5.11 Å². The number of benzene rings is 1. The molecule has 1 heteroatoms. The van der Waals surface area contributed by atoms with Gasteiger partial charge >= 0.3 is 0 Å². The van der Waals surface area contributed by atoms with Crippen molar-refractivity contribution in [1.82, 2.24) is 0 Å². The van der Waals surface area contributed by atoms with Crippen molar-refractivity contribution in [3.05, 3.63) is 35.4 Å². The maximum Gasteiger partial charge on any atom is 0.0901 e. The fourth-order valence-corrected chi connectivity index (χ4v) is 3.88. The highest BCUT2D eigenvalue weighted by Crippen LogP contribution is 2.46. The Morgan fingerprint density at radius 3 is 2.21 bits per heavy atom. The molecule has 0 aromatic heterocycles. The highest BCUT2D eigenvalue weighted by atomic mass is 16.3. The molecule has 3 rings (SSSR count). The van der Waals surface area contributed by atoms with Crippen molar-refractivity contribution >= 4 is 0 Å². The van der Waals surface area contributed by atoms with Gasteiger partial charge in [-0.1, -0.05) is 44.5 Å². The summed E-state index contributed by atoms with van der Waals surface area (Å²) >= 11 is 0. The van der Waals surface area contributed by atoms with E-state index < -0.39 is 5.60 Å². The Kier molecular flexibility index (Phi) is 3.21. The Morgan fingerprint density at radius 2 is 1.68 bits per heavy atom. The molecule has 19 heavy (non-hydrogen) atoms. The molecule has 1 N–H and O–H groups in total. The minimum atomic E-state index is -0.597. The van der Waals surface area contributed by atoms with Crippen LogP contribution >= 0.6 is 0 Å². The van der Waals surface area contributed by atoms with Gasteiger partial charge in [0.2, 0.25) is 0 Å². The maximum absolute atomic E-state index is 11.0. The number of hydrogen-bond donors (Lipinski definition) is 1. The first-order valence-electron chi connectivity index (χ1n) is 7.81. The third-order valence-electron chi connectivity index (χ3n) is 5.24. The molecule has 2 aliphatic carbocycles. The summed E-state index contributed by atoms with van der Waals surface area (Å²) in [5, 5.41) is 11.0. The molecule has 0 amide bonds. The van der Waals surface area contributed by atoms with E-state index in [2.05, 4.69) is 38.1 Å². The van der Waals surface area contributed by atoms with Crippen LogP contribution in [0.1, 0.15) is 75.8 Å². The highest BCUT2D eigenvalue weighted by molar-refractivity contribution is 5.30. The molecule has 0 bridgehead atoms. The zero-order valence-corrected chi connectivity index (χ0v) is 12.3. The minimum Gasteiger partial charge on any atom is -0.385 e. The zero-order chi connectivity index (χ0) is 13.5.